The Balaban J connectivity index is 1.67. The largest absolute Gasteiger partial charge is 0.322 e. The molecular formula is C16H12Cl2N2O3. The van der Waals surface area contributed by atoms with Crippen LogP contribution in [0.3, 0.4) is 0 Å². The number of carbonyl (C=O) groups is 1. The average molecular weight is 351 g/mol. The molecule has 0 aromatic heterocycles. The van der Waals surface area contributed by atoms with E-state index >= 15 is 0 Å². The molecule has 1 aliphatic rings. The van der Waals surface area contributed by atoms with Crippen molar-refractivity contribution in [2.24, 2.45) is 0 Å². The van der Waals surface area contributed by atoms with Gasteiger partial charge in [-0.25, -0.2) is 0 Å². The van der Waals surface area contributed by atoms with Gasteiger partial charge >= 0.3 is 0 Å². The maximum absolute atomic E-state index is 12.1. The Morgan fingerprint density at radius 2 is 1.70 bits per heavy atom. The van der Waals surface area contributed by atoms with Gasteiger partial charge in [0.2, 0.25) is 0 Å². The third-order valence-electron chi connectivity index (χ3n) is 3.74. The molecule has 0 saturated heterocycles. The minimum Gasteiger partial charge on any atom is -0.322 e. The molecule has 118 valence electrons. The number of rotatable bonds is 4. The van der Waals surface area contributed by atoms with E-state index < -0.39 is 9.26 Å². The smallest absolute Gasteiger partial charge is 0.269 e. The van der Waals surface area contributed by atoms with E-state index in [9.17, 15) is 14.9 Å². The van der Waals surface area contributed by atoms with Crippen LogP contribution < -0.4 is 5.32 Å². The molecule has 0 radical (unpaired) electrons. The standard InChI is InChI=1S/C16H12Cl2N2O3/c17-16(18)9-14(16)10-1-5-12(6-2-10)19-15(21)11-3-7-13(8-4-11)20(22)23/h1-8,14H,9H2,(H,19,21). The number of anilines is 1. The van der Waals surface area contributed by atoms with Crippen molar-refractivity contribution >= 4 is 40.5 Å². The van der Waals surface area contributed by atoms with Gasteiger partial charge in [0, 0.05) is 29.3 Å². The molecule has 2 aromatic rings. The molecule has 0 aliphatic heterocycles. The molecule has 1 unspecified atom stereocenters. The van der Waals surface area contributed by atoms with Crippen molar-refractivity contribution < 1.29 is 9.72 Å². The van der Waals surface area contributed by atoms with Gasteiger partial charge in [0.15, 0.2) is 0 Å². The number of benzene rings is 2. The SMILES string of the molecule is O=C(Nc1ccc(C2CC2(Cl)Cl)cc1)c1ccc([N+](=O)[O-])cc1. The number of nitrogens with one attached hydrogen (secondary N) is 1. The molecular weight excluding hydrogens is 339 g/mol. The quantitative estimate of drug-likeness (QED) is 0.500. The molecule has 7 heteroatoms. The minimum atomic E-state index is -0.677. The third-order valence-corrected chi connectivity index (χ3v) is 4.57. The first-order valence-corrected chi connectivity index (χ1v) is 7.66. The van der Waals surface area contributed by atoms with Gasteiger partial charge in [0.25, 0.3) is 11.6 Å². The summed E-state index contributed by atoms with van der Waals surface area (Å²) in [6, 6.07) is 12.7. The molecule has 3 rings (SSSR count). The maximum atomic E-state index is 12.1. The van der Waals surface area contributed by atoms with Gasteiger partial charge in [-0.3, -0.25) is 14.9 Å². The number of hydrogen-bond donors (Lipinski definition) is 1. The molecule has 0 heterocycles. The van der Waals surface area contributed by atoms with Gasteiger partial charge in [-0.1, -0.05) is 12.1 Å². The number of nitrogens with zero attached hydrogens (tertiary/aromatic N) is 1. The average Bonchev–Trinajstić information content (AvgIpc) is 3.16. The van der Waals surface area contributed by atoms with Gasteiger partial charge in [-0.15, -0.1) is 23.2 Å². The number of alkyl halides is 2. The summed E-state index contributed by atoms with van der Waals surface area (Å²) in [5, 5.41) is 13.3. The van der Waals surface area contributed by atoms with Crippen molar-refractivity contribution in [3.8, 4) is 0 Å². The summed E-state index contributed by atoms with van der Waals surface area (Å²) in [6.07, 6.45) is 0.727. The van der Waals surface area contributed by atoms with Crippen molar-refractivity contribution in [3.63, 3.8) is 0 Å². The summed E-state index contributed by atoms with van der Waals surface area (Å²) >= 11 is 12.1. The lowest BCUT2D eigenvalue weighted by molar-refractivity contribution is -0.384. The van der Waals surface area contributed by atoms with E-state index in [1.807, 2.05) is 12.1 Å². The Labute approximate surface area is 142 Å². The first-order chi connectivity index (χ1) is 10.9. The van der Waals surface area contributed by atoms with Crippen LogP contribution in [-0.4, -0.2) is 15.2 Å². The molecule has 0 bridgehead atoms. The van der Waals surface area contributed by atoms with Gasteiger partial charge in [-0.05, 0) is 36.2 Å². The van der Waals surface area contributed by atoms with E-state index in [2.05, 4.69) is 5.32 Å². The van der Waals surface area contributed by atoms with Crippen LogP contribution in [0.5, 0.6) is 0 Å². The van der Waals surface area contributed by atoms with Crippen molar-refractivity contribution in [2.45, 2.75) is 16.7 Å². The van der Waals surface area contributed by atoms with Gasteiger partial charge in [0.05, 0.1) is 4.92 Å². The zero-order valence-electron chi connectivity index (χ0n) is 11.8. The van der Waals surface area contributed by atoms with E-state index in [1.54, 1.807) is 12.1 Å². The lowest BCUT2D eigenvalue weighted by Crippen LogP contribution is -2.11. The lowest BCUT2D eigenvalue weighted by Gasteiger charge is -2.07. The second kappa shape index (κ2) is 5.83. The Kier molecular flexibility index (Phi) is 4.00. The second-order valence-corrected chi connectivity index (χ2v) is 6.94. The number of nitro groups is 1. The van der Waals surface area contributed by atoms with Crippen LogP contribution in [0.2, 0.25) is 0 Å². The van der Waals surface area contributed by atoms with Gasteiger partial charge < -0.3 is 5.32 Å². The third kappa shape index (κ3) is 3.46. The Morgan fingerprint density at radius 1 is 1.13 bits per heavy atom. The second-order valence-electron chi connectivity index (χ2n) is 5.40. The molecule has 1 N–H and O–H groups in total. The lowest BCUT2D eigenvalue weighted by atomic mass is 10.1. The predicted molar refractivity (Wildman–Crippen MR) is 89.3 cm³/mol. The molecule has 1 amide bonds. The number of halogens is 2. The zero-order valence-corrected chi connectivity index (χ0v) is 13.3. The van der Waals surface area contributed by atoms with Crippen molar-refractivity contribution in [1.82, 2.24) is 0 Å². The first kappa shape index (κ1) is 15.8. The van der Waals surface area contributed by atoms with Crippen molar-refractivity contribution in [1.29, 1.82) is 0 Å². The number of carbonyl (C=O) groups excluding carboxylic acids is 1. The van der Waals surface area contributed by atoms with Crippen LogP contribution >= 0.6 is 23.2 Å². The molecule has 2 aromatic carbocycles. The number of non-ortho nitro benzene ring substituents is 1. The Bertz CT molecular complexity index is 758. The van der Waals surface area contributed by atoms with Gasteiger partial charge in [-0.2, -0.15) is 0 Å². The molecule has 0 spiro atoms. The van der Waals surface area contributed by atoms with E-state index in [4.69, 9.17) is 23.2 Å². The van der Waals surface area contributed by atoms with Crippen LogP contribution in [-0.2, 0) is 0 Å². The highest BCUT2D eigenvalue weighted by Crippen LogP contribution is 2.59. The van der Waals surface area contributed by atoms with Crippen molar-refractivity contribution in [2.75, 3.05) is 5.32 Å². The highest BCUT2D eigenvalue weighted by molar-refractivity contribution is 6.51. The van der Waals surface area contributed by atoms with Crippen LogP contribution in [0.4, 0.5) is 11.4 Å². The highest BCUT2D eigenvalue weighted by atomic mass is 35.5. The summed E-state index contributed by atoms with van der Waals surface area (Å²) < 4.78 is -0.677. The molecule has 1 aliphatic carbocycles. The van der Waals surface area contributed by atoms with E-state index in [-0.39, 0.29) is 17.5 Å². The molecule has 1 fully saturated rings. The fraction of sp³-hybridized carbons (Fsp3) is 0.188. The van der Waals surface area contributed by atoms with E-state index in [1.165, 1.54) is 24.3 Å². The summed E-state index contributed by atoms with van der Waals surface area (Å²) in [5.41, 5.74) is 1.96. The molecule has 23 heavy (non-hydrogen) atoms. The Hall–Kier alpha value is -2.11. The van der Waals surface area contributed by atoms with Crippen LogP contribution in [0, 0.1) is 10.1 Å². The number of nitro benzene ring substituents is 1. The minimum absolute atomic E-state index is 0.0547. The highest BCUT2D eigenvalue weighted by Gasteiger charge is 2.52. The number of amides is 1. The summed E-state index contributed by atoms with van der Waals surface area (Å²) in [7, 11) is 0. The summed E-state index contributed by atoms with van der Waals surface area (Å²) in [6.45, 7) is 0. The number of hydrogen-bond acceptors (Lipinski definition) is 3. The Morgan fingerprint density at radius 3 is 2.17 bits per heavy atom. The topological polar surface area (TPSA) is 72.2 Å². The van der Waals surface area contributed by atoms with Crippen LogP contribution in [0.15, 0.2) is 48.5 Å². The molecule has 1 atom stereocenters. The normalized spacial score (nSPS) is 18.3. The molecule has 5 nitrogen and oxygen atoms in total. The van der Waals surface area contributed by atoms with Crippen LogP contribution in [0.1, 0.15) is 28.3 Å². The van der Waals surface area contributed by atoms with Crippen molar-refractivity contribution in [3.05, 3.63) is 69.8 Å². The molecule has 1 saturated carbocycles. The van der Waals surface area contributed by atoms with E-state index in [0.717, 1.165) is 12.0 Å². The summed E-state index contributed by atoms with van der Waals surface area (Å²) in [5.74, 6) is -0.201. The van der Waals surface area contributed by atoms with E-state index in [0.29, 0.717) is 11.3 Å². The zero-order chi connectivity index (χ0) is 16.6. The first-order valence-electron chi connectivity index (χ1n) is 6.90. The van der Waals surface area contributed by atoms with Crippen LogP contribution in [0.25, 0.3) is 0 Å². The van der Waals surface area contributed by atoms with Gasteiger partial charge in [0.1, 0.15) is 4.33 Å². The fourth-order valence-corrected chi connectivity index (χ4v) is 2.87. The fourth-order valence-electron chi connectivity index (χ4n) is 2.31. The summed E-state index contributed by atoms with van der Waals surface area (Å²) in [4.78, 5) is 22.2. The predicted octanol–water partition coefficient (Wildman–Crippen LogP) is 4.51. The monoisotopic (exact) mass is 350 g/mol. The maximum Gasteiger partial charge on any atom is 0.269 e.